The molecule has 3 aromatic rings. The number of benzene rings is 2. The number of nitro benzene ring substituents is 1. The number of anilines is 1. The fraction of sp³-hybridized carbons (Fsp3) is 0.240. The summed E-state index contributed by atoms with van der Waals surface area (Å²) in [6.07, 6.45) is -0.0518. The van der Waals surface area contributed by atoms with Gasteiger partial charge in [-0.15, -0.1) is 11.3 Å². The van der Waals surface area contributed by atoms with Gasteiger partial charge in [0.05, 0.1) is 36.0 Å². The number of nitro groups is 1. The van der Waals surface area contributed by atoms with Crippen LogP contribution in [0.3, 0.4) is 0 Å². The second-order valence-corrected chi connectivity index (χ2v) is 9.68. The molecule has 0 spiro atoms. The number of nitrogens with zero attached hydrogens (tertiary/aromatic N) is 2. The van der Waals surface area contributed by atoms with Gasteiger partial charge in [-0.3, -0.25) is 29.8 Å². The van der Waals surface area contributed by atoms with E-state index in [-0.39, 0.29) is 17.9 Å². The molecule has 10 nitrogen and oxygen atoms in total. The predicted molar refractivity (Wildman–Crippen MR) is 130 cm³/mol. The molecule has 2 fully saturated rings. The van der Waals surface area contributed by atoms with Crippen molar-refractivity contribution in [1.29, 1.82) is 0 Å². The lowest BCUT2D eigenvalue weighted by Gasteiger charge is -2.31. The standard InChI is InChI=1S/C25H21N3O7S/c1-35-15-9-10-16(17(12-15)28(33)34)27-22(29)19-20(23(27)30)25(24(31)32,13-14-6-3-2-4-7-14)26-21(19)18-8-5-11-36-18/h2-12,19-21,26H,13H2,1H3,(H,31,32)/t19-,20-,21-,25-/m0/s1. The molecule has 36 heavy (non-hydrogen) atoms. The molecular weight excluding hydrogens is 486 g/mol. The maximum atomic E-state index is 13.9. The highest BCUT2D eigenvalue weighted by Gasteiger charge is 2.69. The van der Waals surface area contributed by atoms with Crippen LogP contribution in [0.2, 0.25) is 0 Å². The molecule has 4 atom stereocenters. The highest BCUT2D eigenvalue weighted by molar-refractivity contribution is 7.10. The molecule has 2 aromatic carbocycles. The fourth-order valence-electron chi connectivity index (χ4n) is 5.27. The van der Waals surface area contributed by atoms with Crippen LogP contribution in [0.5, 0.6) is 5.75 Å². The average Bonchev–Trinajstić information content (AvgIpc) is 3.57. The molecule has 0 bridgehead atoms. The van der Waals surface area contributed by atoms with E-state index in [0.717, 1.165) is 11.0 Å². The molecule has 5 rings (SSSR count). The quantitative estimate of drug-likeness (QED) is 0.282. The third kappa shape index (κ3) is 3.55. The van der Waals surface area contributed by atoms with E-state index in [1.807, 2.05) is 0 Å². The second-order valence-electron chi connectivity index (χ2n) is 8.70. The van der Waals surface area contributed by atoms with Gasteiger partial charge in [-0.25, -0.2) is 4.90 Å². The van der Waals surface area contributed by atoms with E-state index in [1.54, 1.807) is 47.8 Å². The fourth-order valence-corrected chi connectivity index (χ4v) is 6.09. The number of hydrogen-bond donors (Lipinski definition) is 2. The maximum absolute atomic E-state index is 13.9. The summed E-state index contributed by atoms with van der Waals surface area (Å²) in [4.78, 5) is 53.2. The summed E-state index contributed by atoms with van der Waals surface area (Å²) in [5.41, 5.74) is -1.83. The summed E-state index contributed by atoms with van der Waals surface area (Å²) in [6.45, 7) is 0. The van der Waals surface area contributed by atoms with Crippen LogP contribution >= 0.6 is 11.3 Å². The Labute approximate surface area is 209 Å². The van der Waals surface area contributed by atoms with Crippen LogP contribution in [0, 0.1) is 22.0 Å². The average molecular weight is 508 g/mol. The van der Waals surface area contributed by atoms with Crippen molar-refractivity contribution in [2.75, 3.05) is 12.0 Å². The number of imide groups is 1. The maximum Gasteiger partial charge on any atom is 0.325 e. The Morgan fingerprint density at radius 2 is 1.92 bits per heavy atom. The van der Waals surface area contributed by atoms with Crippen molar-refractivity contribution in [1.82, 2.24) is 5.32 Å². The molecule has 11 heteroatoms. The highest BCUT2D eigenvalue weighted by Crippen LogP contribution is 2.52. The van der Waals surface area contributed by atoms with Gasteiger partial charge >= 0.3 is 5.97 Å². The smallest absolute Gasteiger partial charge is 0.325 e. The predicted octanol–water partition coefficient (Wildman–Crippen LogP) is 3.18. The van der Waals surface area contributed by atoms with Crippen LogP contribution in [-0.4, -0.2) is 40.5 Å². The molecule has 2 amide bonds. The first-order valence-corrected chi connectivity index (χ1v) is 11.9. The number of carboxylic acid groups (broad SMARTS) is 1. The van der Waals surface area contributed by atoms with Crippen LogP contribution in [-0.2, 0) is 20.8 Å². The Morgan fingerprint density at radius 3 is 2.53 bits per heavy atom. The van der Waals surface area contributed by atoms with E-state index in [1.165, 1.54) is 30.6 Å². The van der Waals surface area contributed by atoms with Crippen LogP contribution in [0.25, 0.3) is 0 Å². The first-order valence-electron chi connectivity index (χ1n) is 11.1. The second kappa shape index (κ2) is 8.85. The number of carbonyl (C=O) groups excluding carboxylic acids is 2. The van der Waals surface area contributed by atoms with Gasteiger partial charge in [0.15, 0.2) is 0 Å². The number of hydrogen-bond acceptors (Lipinski definition) is 8. The molecule has 2 N–H and O–H groups in total. The molecule has 2 saturated heterocycles. The SMILES string of the molecule is COc1ccc(N2C(=O)[C@H]3[C@@H](C2=O)[C@@](Cc2ccccc2)(C(=O)O)N[C@H]3c2cccs2)c([N+](=O)[O-])c1. The van der Waals surface area contributed by atoms with E-state index in [4.69, 9.17) is 4.74 Å². The number of carboxylic acids is 1. The van der Waals surface area contributed by atoms with Crippen LogP contribution in [0.1, 0.15) is 16.5 Å². The lowest BCUT2D eigenvalue weighted by Crippen LogP contribution is -2.57. The normalized spacial score (nSPS) is 25.1. The van der Waals surface area contributed by atoms with Crippen molar-refractivity contribution in [2.45, 2.75) is 18.0 Å². The molecular formula is C25H21N3O7S. The van der Waals surface area contributed by atoms with Gasteiger partial charge in [0.25, 0.3) is 5.69 Å². The van der Waals surface area contributed by atoms with Crippen molar-refractivity contribution in [3.05, 3.63) is 86.6 Å². The Balaban J connectivity index is 1.67. The van der Waals surface area contributed by atoms with Gasteiger partial charge in [0.2, 0.25) is 11.8 Å². The van der Waals surface area contributed by atoms with Gasteiger partial charge in [0, 0.05) is 11.3 Å². The first-order chi connectivity index (χ1) is 17.3. The summed E-state index contributed by atoms with van der Waals surface area (Å²) >= 11 is 1.34. The molecule has 0 radical (unpaired) electrons. The Kier molecular flexibility index (Phi) is 5.81. The largest absolute Gasteiger partial charge is 0.496 e. The van der Waals surface area contributed by atoms with Crippen molar-refractivity contribution >= 4 is 40.5 Å². The van der Waals surface area contributed by atoms with Gasteiger partial charge in [-0.2, -0.15) is 0 Å². The minimum atomic E-state index is -1.80. The van der Waals surface area contributed by atoms with Gasteiger partial charge in [-0.1, -0.05) is 36.4 Å². The van der Waals surface area contributed by atoms with Crippen molar-refractivity contribution in [2.24, 2.45) is 11.8 Å². The Morgan fingerprint density at radius 1 is 1.17 bits per heavy atom. The summed E-state index contributed by atoms with van der Waals surface area (Å²) in [5.74, 6) is -4.89. The number of aliphatic carboxylic acids is 1. The van der Waals surface area contributed by atoms with E-state index in [0.29, 0.717) is 10.4 Å². The van der Waals surface area contributed by atoms with Crippen molar-refractivity contribution in [3.63, 3.8) is 0 Å². The highest BCUT2D eigenvalue weighted by atomic mass is 32.1. The molecule has 0 saturated carbocycles. The number of nitrogens with one attached hydrogen (secondary N) is 1. The summed E-state index contributed by atoms with van der Waals surface area (Å²) < 4.78 is 5.07. The third-order valence-electron chi connectivity index (χ3n) is 6.83. The summed E-state index contributed by atoms with van der Waals surface area (Å²) in [6, 6.07) is 15.5. The number of thiophene rings is 1. The molecule has 1 aromatic heterocycles. The molecule has 2 aliphatic rings. The number of carbonyl (C=O) groups is 3. The Hall–Kier alpha value is -4.09. The van der Waals surface area contributed by atoms with Crippen molar-refractivity contribution in [3.8, 4) is 5.75 Å². The molecule has 2 aliphatic heterocycles. The lowest BCUT2D eigenvalue weighted by atomic mass is 9.76. The van der Waals surface area contributed by atoms with Crippen LogP contribution < -0.4 is 15.0 Å². The zero-order valence-electron chi connectivity index (χ0n) is 19.0. The third-order valence-corrected chi connectivity index (χ3v) is 7.79. The Bertz CT molecular complexity index is 1360. The minimum absolute atomic E-state index is 0.0518. The van der Waals surface area contributed by atoms with Crippen LogP contribution in [0.15, 0.2) is 66.0 Å². The van der Waals surface area contributed by atoms with Gasteiger partial charge in [-0.05, 0) is 29.1 Å². The lowest BCUT2D eigenvalue weighted by molar-refractivity contribution is -0.384. The number of fused-ring (bicyclic) bond motifs is 1. The molecule has 184 valence electrons. The number of rotatable bonds is 7. The van der Waals surface area contributed by atoms with E-state index in [2.05, 4.69) is 5.32 Å². The molecule has 0 aliphatic carbocycles. The minimum Gasteiger partial charge on any atom is -0.496 e. The zero-order chi connectivity index (χ0) is 25.6. The monoisotopic (exact) mass is 507 g/mol. The van der Waals surface area contributed by atoms with Crippen molar-refractivity contribution < 1.29 is 29.2 Å². The topological polar surface area (TPSA) is 139 Å². The van der Waals surface area contributed by atoms with E-state index < -0.39 is 51.8 Å². The van der Waals surface area contributed by atoms with Gasteiger partial charge in [0.1, 0.15) is 17.0 Å². The number of methoxy groups -OCH3 is 1. The summed E-state index contributed by atoms with van der Waals surface area (Å²) in [7, 11) is 1.34. The van der Waals surface area contributed by atoms with E-state index >= 15 is 0 Å². The summed E-state index contributed by atoms with van der Waals surface area (Å²) in [5, 5.41) is 27.3. The number of amides is 2. The molecule has 0 unspecified atom stereocenters. The van der Waals surface area contributed by atoms with Crippen LogP contribution in [0.4, 0.5) is 11.4 Å². The zero-order valence-corrected chi connectivity index (χ0v) is 19.8. The van der Waals surface area contributed by atoms with Gasteiger partial charge < -0.3 is 9.84 Å². The number of ether oxygens (including phenoxy) is 1. The first kappa shape index (κ1) is 23.6. The molecule has 3 heterocycles. The van der Waals surface area contributed by atoms with E-state index in [9.17, 15) is 29.6 Å².